The van der Waals surface area contributed by atoms with Crippen molar-refractivity contribution >= 4 is 29.8 Å². The third-order valence-electron chi connectivity index (χ3n) is 5.62. The van der Waals surface area contributed by atoms with Gasteiger partial charge in [0.05, 0.1) is 25.0 Å². The predicted octanol–water partition coefficient (Wildman–Crippen LogP) is -4.64. The molecule has 0 bridgehead atoms. The maximum Gasteiger partial charge on any atom is 3.00 e. The van der Waals surface area contributed by atoms with Crippen molar-refractivity contribution in [2.45, 2.75) is 13.8 Å². The summed E-state index contributed by atoms with van der Waals surface area (Å²) in [5.41, 5.74) is 0. The first kappa shape index (κ1) is 35.5. The van der Waals surface area contributed by atoms with E-state index in [-0.39, 0.29) is 131 Å². The summed E-state index contributed by atoms with van der Waals surface area (Å²) in [4.78, 5) is 65.7. The molecule has 0 aromatic heterocycles. The molecule has 2 N–H and O–H groups in total. The van der Waals surface area contributed by atoms with Crippen LogP contribution in [0.15, 0.2) is 0 Å². The van der Waals surface area contributed by atoms with Crippen molar-refractivity contribution in [3.63, 3.8) is 0 Å². The van der Waals surface area contributed by atoms with Gasteiger partial charge in [-0.05, 0) is 5.92 Å². The van der Waals surface area contributed by atoms with Gasteiger partial charge in [-0.15, -0.1) is 0 Å². The molecule has 37 heavy (non-hydrogen) atoms. The van der Waals surface area contributed by atoms with Crippen LogP contribution < -0.4 is 10.2 Å². The zero-order valence-electron chi connectivity index (χ0n) is 21.3. The van der Waals surface area contributed by atoms with Crippen LogP contribution in [0, 0.1) is 45.9 Å². The van der Waals surface area contributed by atoms with E-state index >= 15 is 0 Å². The quantitative estimate of drug-likeness (QED) is 0.202. The minimum absolute atomic E-state index is 0. The fourth-order valence-corrected chi connectivity index (χ4v) is 3.92. The van der Waals surface area contributed by atoms with E-state index in [9.17, 15) is 44.4 Å². The molecule has 0 saturated carbocycles. The van der Waals surface area contributed by atoms with Crippen LogP contribution in [-0.4, -0.2) is 156 Å². The second kappa shape index (κ2) is 18.7. The van der Waals surface area contributed by atoms with Crippen molar-refractivity contribution in [1.82, 2.24) is 24.5 Å². The zero-order valence-corrected chi connectivity index (χ0v) is 23.6. The van der Waals surface area contributed by atoms with Gasteiger partial charge in [0.1, 0.15) is 6.54 Å². The zero-order chi connectivity index (χ0) is 27.3. The maximum atomic E-state index is 12.9. The molecule has 211 valence electrons. The fraction of sp³-hybridized carbons (Fsp3) is 0.773. The Morgan fingerprint density at radius 3 is 1.32 bits per heavy atom. The first-order valence-electron chi connectivity index (χ1n) is 11.9. The number of carbonyl (C=O) groups excluding carboxylic acids is 3. The largest absolute Gasteiger partial charge is 3.00 e. The van der Waals surface area contributed by atoms with Gasteiger partial charge >= 0.3 is 51.9 Å². The molecular weight excluding hydrogens is 636 g/mol. The summed E-state index contributed by atoms with van der Waals surface area (Å²) < 4.78 is 0. The van der Waals surface area contributed by atoms with Crippen molar-refractivity contribution in [2.75, 3.05) is 91.6 Å². The molecule has 0 aromatic carbocycles. The van der Waals surface area contributed by atoms with Crippen LogP contribution in [0.25, 0.3) is 0 Å². The van der Waals surface area contributed by atoms with E-state index in [4.69, 9.17) is 0 Å². The van der Waals surface area contributed by atoms with Crippen molar-refractivity contribution in [3.05, 3.63) is 0 Å². The van der Waals surface area contributed by atoms with Crippen molar-refractivity contribution in [2.24, 2.45) is 5.92 Å². The van der Waals surface area contributed by atoms with E-state index in [1.807, 2.05) is 13.8 Å². The molecule has 1 aliphatic heterocycles. The minimum atomic E-state index is -1.30. The van der Waals surface area contributed by atoms with Crippen molar-refractivity contribution < 1.29 is 84.3 Å². The molecule has 1 rings (SSSR count). The molecule has 1 radical (unpaired) electrons. The third kappa shape index (κ3) is 16.9. The van der Waals surface area contributed by atoms with Gasteiger partial charge in [0.2, 0.25) is 5.91 Å². The van der Waals surface area contributed by atoms with Crippen LogP contribution in [0.4, 0.5) is 0 Å². The normalized spacial score (nSPS) is 17.3. The molecule has 1 saturated heterocycles. The number of carboxylic acids is 4. The van der Waals surface area contributed by atoms with Gasteiger partial charge in [-0.2, -0.15) is 0 Å². The van der Waals surface area contributed by atoms with Gasteiger partial charge < -0.3 is 34.9 Å². The average Bonchev–Trinajstić information content (AvgIpc) is 2.73. The van der Waals surface area contributed by atoms with E-state index in [0.29, 0.717) is 0 Å². The predicted molar refractivity (Wildman–Crippen MR) is 122 cm³/mol. The first-order valence-corrected chi connectivity index (χ1v) is 11.9. The maximum absolute atomic E-state index is 12.9. The molecule has 0 atom stereocenters. The van der Waals surface area contributed by atoms with Gasteiger partial charge in [0.15, 0.2) is 0 Å². The summed E-state index contributed by atoms with van der Waals surface area (Å²) in [6.45, 7) is 4.26. The molecule has 0 unspecified atom stereocenters. The van der Waals surface area contributed by atoms with E-state index in [1.54, 1.807) is 19.6 Å². The Bertz CT molecular complexity index is 739. The second-order valence-electron chi connectivity index (χ2n) is 9.30. The molecule has 1 fully saturated rings. The average molecular weight is 673 g/mol. The van der Waals surface area contributed by atoms with Gasteiger partial charge in [-0.25, -0.2) is 0 Å². The van der Waals surface area contributed by atoms with Crippen LogP contribution >= 0.6 is 0 Å². The van der Waals surface area contributed by atoms with Crippen LogP contribution in [0.1, 0.15) is 13.8 Å². The van der Waals surface area contributed by atoms with Gasteiger partial charge in [0.25, 0.3) is 0 Å². The summed E-state index contributed by atoms with van der Waals surface area (Å²) in [5.74, 6) is -5.13. The van der Waals surface area contributed by atoms with Crippen LogP contribution in [0.5, 0.6) is 0 Å². The monoisotopic (exact) mass is 673 g/mol. The molecule has 1 amide bonds. The van der Waals surface area contributed by atoms with E-state index in [0.717, 1.165) is 0 Å². The van der Waals surface area contributed by atoms with Gasteiger partial charge in [-0.3, -0.25) is 34.0 Å². The summed E-state index contributed by atoms with van der Waals surface area (Å²) in [6, 6.07) is 0. The Kier molecular flexibility index (Phi) is 18.0. The molecule has 1 aliphatic rings. The number of hydrogen-bond donors (Lipinski definition) is 2. The fourth-order valence-electron chi connectivity index (χ4n) is 3.92. The molecule has 14 nitrogen and oxygen atoms in total. The molecule has 0 aromatic rings. The molecule has 0 spiro atoms. The van der Waals surface area contributed by atoms with Crippen molar-refractivity contribution in [3.8, 4) is 0 Å². The molecule has 15 heteroatoms. The van der Waals surface area contributed by atoms with Gasteiger partial charge in [0, 0.05) is 72.0 Å². The van der Waals surface area contributed by atoms with Crippen molar-refractivity contribution in [1.29, 1.82) is 0 Å². The van der Waals surface area contributed by atoms with Crippen LogP contribution in [-0.2, 0) is 24.0 Å². The molecule has 1 heterocycles. The summed E-state index contributed by atoms with van der Waals surface area (Å²) in [7, 11) is 0. The smallest absolute Gasteiger partial charge is 0.549 e. The summed E-state index contributed by atoms with van der Waals surface area (Å²) >= 11 is 0. The van der Waals surface area contributed by atoms with Crippen LogP contribution in [0.2, 0.25) is 0 Å². The second-order valence-corrected chi connectivity index (χ2v) is 9.30. The summed E-state index contributed by atoms with van der Waals surface area (Å²) in [6.07, 6.45) is 0. The first-order chi connectivity index (χ1) is 16.8. The topological polar surface area (TPSA) is 188 Å². The number of rotatable bonds is 12. The Labute approximate surface area is 248 Å². The number of carboxylic acid groups (broad SMARTS) is 4. The number of amides is 1. The number of aliphatic carboxylic acids is 4. The van der Waals surface area contributed by atoms with E-state index in [2.05, 4.69) is 0 Å². The van der Waals surface area contributed by atoms with Gasteiger partial charge in [-0.1, -0.05) is 13.8 Å². The van der Waals surface area contributed by atoms with E-state index < -0.39 is 36.3 Å². The van der Waals surface area contributed by atoms with Crippen LogP contribution in [0.3, 0.4) is 0 Å². The Balaban J connectivity index is 0.0000130. The Morgan fingerprint density at radius 2 is 1.03 bits per heavy atom. The SMILES string of the molecule is CC(C)CN(CC(=O)O)C(=O)CN1CCN(CC(=O)[O-])CCN(CC(=O)[O-])CCN(CC(=O)O)CC1.[Gd+3]. The molecule has 0 aliphatic carbocycles. The molecular formula is C22H37GdN5O9+. The third-order valence-corrected chi connectivity index (χ3v) is 5.62. The standard InChI is InChI=1S/C22H39N5O9.Gd/c1-17(2)11-27(16-22(35)36)18(28)12-23-3-5-24(13-19(29)30)7-9-26(15-21(33)34)10-8-25(6-4-23)14-20(31)32;/h17H,3-16H2,1-2H3,(H,29,30)(H,31,32)(H,33,34)(H,35,36);/q;+3/p-2. The number of carbonyl (C=O) groups is 5. The Morgan fingerprint density at radius 1 is 0.676 bits per heavy atom. The number of nitrogens with zero attached hydrogens (tertiary/aromatic N) is 5. The summed E-state index contributed by atoms with van der Waals surface area (Å²) in [5, 5.41) is 40.8. The van der Waals surface area contributed by atoms with E-state index in [1.165, 1.54) is 4.90 Å². The number of hydrogen-bond acceptors (Lipinski definition) is 11. The minimum Gasteiger partial charge on any atom is -0.549 e. The Hall–Kier alpha value is -1.49.